The van der Waals surface area contributed by atoms with Crippen molar-refractivity contribution in [2.45, 2.75) is 19.4 Å². The first-order valence-electron chi connectivity index (χ1n) is 7.07. The minimum atomic E-state index is -0.176. The van der Waals surface area contributed by atoms with Crippen molar-refractivity contribution >= 4 is 5.95 Å². The molecule has 2 heterocycles. The highest BCUT2D eigenvalue weighted by Crippen LogP contribution is 2.38. The molecule has 2 atom stereocenters. The molecular weight excluding hydrogens is 269 g/mol. The Morgan fingerprint density at radius 3 is 2.86 bits per heavy atom. The molecule has 0 radical (unpaired) electrons. The molecule has 1 aromatic heterocycles. The first-order valence-corrected chi connectivity index (χ1v) is 7.07. The number of methoxy groups -OCH3 is 1. The quantitative estimate of drug-likeness (QED) is 0.869. The molecule has 0 spiro atoms. The molecule has 4 nitrogen and oxygen atoms in total. The molecule has 21 heavy (non-hydrogen) atoms. The number of aromatic nitrogens is 2. The van der Waals surface area contributed by atoms with Crippen LogP contribution in [0.2, 0.25) is 0 Å². The van der Waals surface area contributed by atoms with Gasteiger partial charge in [-0.25, -0.2) is 9.37 Å². The van der Waals surface area contributed by atoms with Crippen LogP contribution in [-0.2, 0) is 0 Å². The zero-order chi connectivity index (χ0) is 14.8. The third kappa shape index (κ3) is 2.68. The van der Waals surface area contributed by atoms with Crippen molar-refractivity contribution in [2.75, 3.05) is 18.6 Å². The molecule has 2 aromatic rings. The van der Waals surface area contributed by atoms with Crippen molar-refractivity contribution in [3.05, 3.63) is 47.9 Å². The van der Waals surface area contributed by atoms with Gasteiger partial charge >= 0.3 is 0 Å². The van der Waals surface area contributed by atoms with Crippen LogP contribution in [0.4, 0.5) is 10.3 Å². The molecule has 3 rings (SSSR count). The van der Waals surface area contributed by atoms with Crippen LogP contribution >= 0.6 is 0 Å². The van der Waals surface area contributed by atoms with Gasteiger partial charge in [0.15, 0.2) is 0 Å². The average molecular weight is 287 g/mol. The standard InChI is InChI=1S/C16H18FN3O/c1-11-9-14(12-5-3-4-6-13(12)17)20(10-11)16-18-8-7-15(19-16)21-2/h3-8,11,14H,9-10H2,1-2H3. The number of rotatable bonds is 3. The molecule has 1 aliphatic rings. The van der Waals surface area contributed by atoms with Gasteiger partial charge in [-0.15, -0.1) is 0 Å². The second kappa shape index (κ2) is 5.68. The summed E-state index contributed by atoms with van der Waals surface area (Å²) in [7, 11) is 1.58. The molecule has 5 heteroatoms. The summed E-state index contributed by atoms with van der Waals surface area (Å²) < 4.78 is 19.3. The van der Waals surface area contributed by atoms with E-state index in [0.717, 1.165) is 13.0 Å². The topological polar surface area (TPSA) is 38.2 Å². The summed E-state index contributed by atoms with van der Waals surface area (Å²) in [5.74, 6) is 1.40. The Balaban J connectivity index is 1.97. The van der Waals surface area contributed by atoms with Crippen LogP contribution in [0.3, 0.4) is 0 Å². The lowest BCUT2D eigenvalue weighted by molar-refractivity contribution is 0.396. The van der Waals surface area contributed by atoms with Crippen LogP contribution in [0.1, 0.15) is 24.9 Å². The second-order valence-electron chi connectivity index (χ2n) is 5.43. The van der Waals surface area contributed by atoms with Gasteiger partial charge in [-0.3, -0.25) is 0 Å². The normalized spacial score (nSPS) is 21.6. The van der Waals surface area contributed by atoms with E-state index in [-0.39, 0.29) is 11.9 Å². The monoisotopic (exact) mass is 287 g/mol. The molecular formula is C16H18FN3O. The van der Waals surface area contributed by atoms with Gasteiger partial charge in [0.25, 0.3) is 0 Å². The van der Waals surface area contributed by atoms with Gasteiger partial charge in [-0.1, -0.05) is 25.1 Å². The Hall–Kier alpha value is -2.17. The highest BCUT2D eigenvalue weighted by Gasteiger charge is 2.34. The van der Waals surface area contributed by atoms with E-state index in [1.54, 1.807) is 25.4 Å². The van der Waals surface area contributed by atoms with Crippen molar-refractivity contribution in [1.29, 1.82) is 0 Å². The first kappa shape index (κ1) is 13.8. The number of hydrogen-bond acceptors (Lipinski definition) is 4. The van der Waals surface area contributed by atoms with Crippen LogP contribution < -0.4 is 9.64 Å². The van der Waals surface area contributed by atoms with E-state index in [9.17, 15) is 4.39 Å². The van der Waals surface area contributed by atoms with Crippen molar-refractivity contribution in [3.8, 4) is 5.88 Å². The maximum atomic E-state index is 14.1. The van der Waals surface area contributed by atoms with E-state index in [0.29, 0.717) is 23.3 Å². The van der Waals surface area contributed by atoms with Crippen molar-refractivity contribution in [3.63, 3.8) is 0 Å². The second-order valence-corrected chi connectivity index (χ2v) is 5.43. The molecule has 1 aliphatic heterocycles. The highest BCUT2D eigenvalue weighted by atomic mass is 19.1. The molecule has 0 amide bonds. The van der Waals surface area contributed by atoms with E-state index in [1.807, 2.05) is 12.1 Å². The van der Waals surface area contributed by atoms with Crippen LogP contribution in [-0.4, -0.2) is 23.6 Å². The van der Waals surface area contributed by atoms with E-state index >= 15 is 0 Å². The summed E-state index contributed by atoms with van der Waals surface area (Å²) in [6, 6.07) is 8.60. The maximum Gasteiger partial charge on any atom is 0.229 e. The number of halogens is 1. The predicted octanol–water partition coefficient (Wildman–Crippen LogP) is 3.21. The van der Waals surface area contributed by atoms with E-state index in [4.69, 9.17) is 4.74 Å². The Morgan fingerprint density at radius 2 is 2.10 bits per heavy atom. The van der Waals surface area contributed by atoms with E-state index in [2.05, 4.69) is 21.8 Å². The number of benzene rings is 1. The Labute approximate surface area is 123 Å². The lowest BCUT2D eigenvalue weighted by atomic mass is 10.0. The fourth-order valence-electron chi connectivity index (χ4n) is 2.89. The number of nitrogens with zero attached hydrogens (tertiary/aromatic N) is 3. The summed E-state index contributed by atoms with van der Waals surface area (Å²) in [6.07, 6.45) is 2.56. The highest BCUT2D eigenvalue weighted by molar-refractivity contribution is 5.40. The maximum absolute atomic E-state index is 14.1. The van der Waals surface area contributed by atoms with Crippen LogP contribution in [0.15, 0.2) is 36.5 Å². The molecule has 1 saturated heterocycles. The van der Waals surface area contributed by atoms with Gasteiger partial charge < -0.3 is 9.64 Å². The summed E-state index contributed by atoms with van der Waals surface area (Å²) in [5.41, 5.74) is 0.702. The van der Waals surface area contributed by atoms with Gasteiger partial charge in [0.2, 0.25) is 11.8 Å². The molecule has 110 valence electrons. The van der Waals surface area contributed by atoms with Crippen LogP contribution in [0, 0.1) is 11.7 Å². The van der Waals surface area contributed by atoms with Crippen LogP contribution in [0.5, 0.6) is 5.88 Å². The third-order valence-corrected chi connectivity index (χ3v) is 3.86. The summed E-state index contributed by atoms with van der Waals surface area (Å²) in [6.45, 7) is 2.97. The first-order chi connectivity index (χ1) is 10.2. The fourth-order valence-corrected chi connectivity index (χ4v) is 2.89. The summed E-state index contributed by atoms with van der Waals surface area (Å²) in [5, 5.41) is 0. The molecule has 1 fully saturated rings. The average Bonchev–Trinajstić information content (AvgIpc) is 2.89. The Kier molecular flexibility index (Phi) is 3.73. The molecule has 0 saturated carbocycles. The van der Waals surface area contributed by atoms with Crippen molar-refractivity contribution < 1.29 is 9.13 Å². The molecule has 2 unspecified atom stereocenters. The molecule has 0 aliphatic carbocycles. The van der Waals surface area contributed by atoms with E-state index in [1.165, 1.54) is 6.07 Å². The van der Waals surface area contributed by atoms with Gasteiger partial charge in [0.1, 0.15) is 5.82 Å². The van der Waals surface area contributed by atoms with Gasteiger partial charge in [-0.2, -0.15) is 4.98 Å². The largest absolute Gasteiger partial charge is 0.481 e. The van der Waals surface area contributed by atoms with Gasteiger partial charge in [-0.05, 0) is 18.4 Å². The van der Waals surface area contributed by atoms with Crippen molar-refractivity contribution in [2.24, 2.45) is 5.92 Å². The lowest BCUT2D eigenvalue weighted by Gasteiger charge is -2.25. The third-order valence-electron chi connectivity index (χ3n) is 3.86. The summed E-state index contributed by atoms with van der Waals surface area (Å²) in [4.78, 5) is 10.8. The van der Waals surface area contributed by atoms with Crippen molar-refractivity contribution in [1.82, 2.24) is 9.97 Å². The Morgan fingerprint density at radius 1 is 1.29 bits per heavy atom. The van der Waals surface area contributed by atoms with Gasteiger partial charge in [0, 0.05) is 24.4 Å². The number of anilines is 1. The summed E-state index contributed by atoms with van der Waals surface area (Å²) >= 11 is 0. The zero-order valence-corrected chi connectivity index (χ0v) is 12.2. The molecule has 1 aromatic carbocycles. The minimum Gasteiger partial charge on any atom is -0.481 e. The van der Waals surface area contributed by atoms with Crippen LogP contribution in [0.25, 0.3) is 0 Å². The number of hydrogen-bond donors (Lipinski definition) is 0. The molecule has 0 bridgehead atoms. The predicted molar refractivity (Wildman–Crippen MR) is 78.9 cm³/mol. The number of ether oxygens (including phenoxy) is 1. The van der Waals surface area contributed by atoms with E-state index < -0.39 is 0 Å². The fraction of sp³-hybridized carbons (Fsp3) is 0.375. The van der Waals surface area contributed by atoms with Gasteiger partial charge in [0.05, 0.1) is 13.2 Å². The minimum absolute atomic E-state index is 0.0340. The smallest absolute Gasteiger partial charge is 0.229 e. The Bertz CT molecular complexity index is 634. The zero-order valence-electron chi connectivity index (χ0n) is 12.2. The molecule has 0 N–H and O–H groups in total. The SMILES string of the molecule is COc1ccnc(N2CC(C)CC2c2ccccc2F)n1. The lowest BCUT2D eigenvalue weighted by Crippen LogP contribution is -2.25.